The van der Waals surface area contributed by atoms with Crippen molar-refractivity contribution in [1.29, 1.82) is 0 Å². The van der Waals surface area contributed by atoms with Crippen molar-refractivity contribution in [3.05, 3.63) is 111 Å². The van der Waals surface area contributed by atoms with Crippen LogP contribution in [0.1, 0.15) is 103 Å². The first-order valence-corrected chi connectivity index (χ1v) is 23.9. The van der Waals surface area contributed by atoms with Crippen molar-refractivity contribution in [3.63, 3.8) is 0 Å². The van der Waals surface area contributed by atoms with E-state index in [1.165, 1.54) is 7.11 Å². The smallest absolute Gasteiger partial charge is 0.265 e. The monoisotopic (exact) mass is 849 g/mol. The number of ether oxygens (including phenoxy) is 3. The fraction of sp³-hybridized carbons (Fsp3) is 0.458. The van der Waals surface area contributed by atoms with E-state index < -0.39 is 54.3 Å². The number of carbonyl (C=O) groups excluding carboxylic acids is 3. The van der Waals surface area contributed by atoms with Crippen LogP contribution in [0.2, 0.25) is 18.1 Å². The number of rotatable bonds is 12. The Labute approximate surface area is 359 Å². The van der Waals surface area contributed by atoms with E-state index in [-0.39, 0.29) is 71.1 Å². The molecule has 12 nitrogen and oxygen atoms in total. The lowest BCUT2D eigenvalue weighted by molar-refractivity contribution is -0.140. The van der Waals surface area contributed by atoms with Crippen molar-refractivity contribution in [1.82, 2.24) is 15.4 Å². The Morgan fingerprint density at radius 3 is 2.10 bits per heavy atom. The largest absolute Gasteiger partial charge is 0.507 e. The number of methoxy groups -OCH3 is 1. The van der Waals surface area contributed by atoms with Crippen molar-refractivity contribution in [2.45, 2.75) is 97.4 Å². The third kappa shape index (κ3) is 7.92. The van der Waals surface area contributed by atoms with Gasteiger partial charge >= 0.3 is 0 Å². The van der Waals surface area contributed by atoms with Crippen molar-refractivity contribution < 1.29 is 42.6 Å². The fourth-order valence-electron chi connectivity index (χ4n) is 8.65. The fourth-order valence-corrected chi connectivity index (χ4v) is 10.1. The van der Waals surface area contributed by atoms with Gasteiger partial charge in [0.25, 0.3) is 11.8 Å². The summed E-state index contributed by atoms with van der Waals surface area (Å²) >= 11 is 0. The Balaban J connectivity index is 1.44. The van der Waals surface area contributed by atoms with Crippen LogP contribution < -0.4 is 19.5 Å². The molecule has 1 aromatic heterocycles. The normalized spacial score (nSPS) is 21.3. The molecule has 0 radical (unpaired) electrons. The predicted molar refractivity (Wildman–Crippen MR) is 234 cm³/mol. The van der Waals surface area contributed by atoms with Crippen LogP contribution in [0.5, 0.6) is 17.4 Å². The zero-order valence-electron chi connectivity index (χ0n) is 37.2. The molecule has 3 aliphatic rings. The van der Waals surface area contributed by atoms with Crippen molar-refractivity contribution in [3.8, 4) is 17.4 Å². The van der Waals surface area contributed by atoms with Crippen LogP contribution in [0.3, 0.4) is 0 Å². The molecule has 1 amide bonds. The number of ketones is 2. The lowest BCUT2D eigenvalue weighted by atomic mass is 9.57. The third-order valence-electron chi connectivity index (χ3n) is 12.7. The molecule has 1 unspecified atom stereocenters. The first kappa shape index (κ1) is 43.8. The van der Waals surface area contributed by atoms with Crippen LogP contribution in [0, 0.1) is 17.3 Å². The Kier molecular flexibility index (Phi) is 11.7. The molecule has 0 spiro atoms. The molecule has 0 bridgehead atoms. The third-order valence-corrected chi connectivity index (χ3v) is 17.2. The van der Waals surface area contributed by atoms with Crippen molar-refractivity contribution in [2.75, 3.05) is 27.7 Å². The van der Waals surface area contributed by atoms with E-state index in [4.69, 9.17) is 23.2 Å². The van der Waals surface area contributed by atoms with Gasteiger partial charge in [-0.05, 0) is 78.8 Å². The predicted octanol–water partition coefficient (Wildman–Crippen LogP) is 8.91. The summed E-state index contributed by atoms with van der Waals surface area (Å²) in [5.74, 6) is -2.58. The first-order chi connectivity index (χ1) is 28.7. The number of aromatic nitrogens is 1. The molecule has 2 N–H and O–H groups in total. The van der Waals surface area contributed by atoms with E-state index in [1.807, 2.05) is 114 Å². The van der Waals surface area contributed by atoms with Crippen LogP contribution in [0.15, 0.2) is 76.8 Å². The minimum absolute atomic E-state index is 0.0262. The summed E-state index contributed by atoms with van der Waals surface area (Å²) < 4.78 is 32.0. The number of fused-ring (bicyclic) bond motifs is 4. The van der Waals surface area contributed by atoms with Crippen LogP contribution in [-0.4, -0.2) is 74.3 Å². The van der Waals surface area contributed by atoms with Gasteiger partial charge in [0, 0.05) is 23.6 Å². The summed E-state index contributed by atoms with van der Waals surface area (Å²) in [7, 11) is 2.30. The second kappa shape index (κ2) is 16.2. The number of amides is 1. The summed E-state index contributed by atoms with van der Waals surface area (Å²) in [6.07, 6.45) is 0.524. The molecule has 324 valence electrons. The topological polar surface area (TPSA) is 150 Å². The molecule has 7 rings (SSSR count). The molecular weight excluding hydrogens is 791 g/mol. The van der Waals surface area contributed by atoms with E-state index >= 15 is 9.59 Å². The highest BCUT2D eigenvalue weighted by Gasteiger charge is 2.69. The number of Topliss-reactive ketones (excluding diaryl/α,β-unsaturated/α-hetero) is 2. The van der Waals surface area contributed by atoms with Crippen LogP contribution in [0.4, 0.5) is 0 Å². The number of hydrogen-bond donors (Lipinski definition) is 2. The maximum Gasteiger partial charge on any atom is 0.265 e. The quantitative estimate of drug-likeness (QED) is 0.104. The van der Waals surface area contributed by atoms with Gasteiger partial charge in [-0.1, -0.05) is 102 Å². The van der Waals surface area contributed by atoms with Gasteiger partial charge in [0.05, 0.1) is 24.3 Å². The number of aliphatic hydroxyl groups is 1. The van der Waals surface area contributed by atoms with Crippen molar-refractivity contribution >= 4 is 31.6 Å². The molecule has 3 aliphatic carbocycles. The van der Waals surface area contributed by atoms with E-state index in [0.717, 1.165) is 11.1 Å². The van der Waals surface area contributed by atoms with Gasteiger partial charge in [0.1, 0.15) is 36.0 Å². The number of nitrogens with one attached hydrogen (secondary N) is 1. The summed E-state index contributed by atoms with van der Waals surface area (Å²) in [6.45, 7) is 16.8. The lowest BCUT2D eigenvalue weighted by Crippen LogP contribution is -2.68. The van der Waals surface area contributed by atoms with Gasteiger partial charge in [0.15, 0.2) is 19.7 Å². The van der Waals surface area contributed by atoms with Gasteiger partial charge in [-0.15, -0.1) is 0 Å². The zero-order chi connectivity index (χ0) is 44.2. The number of nitrogens with zero attached hydrogens (tertiary/aromatic N) is 2. The maximum atomic E-state index is 16.0. The molecule has 13 heteroatoms. The van der Waals surface area contributed by atoms with E-state index in [0.29, 0.717) is 23.6 Å². The maximum absolute atomic E-state index is 16.0. The van der Waals surface area contributed by atoms with Gasteiger partial charge in [-0.25, -0.2) is 0 Å². The highest BCUT2D eigenvalue weighted by Crippen LogP contribution is 2.59. The molecule has 0 saturated heterocycles. The summed E-state index contributed by atoms with van der Waals surface area (Å²) in [6, 6.07) is 20.0. The van der Waals surface area contributed by atoms with E-state index in [9.17, 15) is 9.90 Å². The minimum Gasteiger partial charge on any atom is -0.507 e. The average molecular weight is 850 g/mol. The summed E-state index contributed by atoms with van der Waals surface area (Å²) in [5, 5.41) is 19.7. The lowest BCUT2D eigenvalue weighted by Gasteiger charge is -2.55. The molecular formula is C48H59N3O9Si. The molecule has 1 fully saturated rings. The van der Waals surface area contributed by atoms with Gasteiger partial charge in [-0.3, -0.25) is 19.3 Å². The van der Waals surface area contributed by atoms with Gasteiger partial charge in [0.2, 0.25) is 11.6 Å². The molecule has 1 heterocycles. The molecule has 0 aliphatic heterocycles. The zero-order valence-corrected chi connectivity index (χ0v) is 38.2. The molecule has 3 aromatic carbocycles. The summed E-state index contributed by atoms with van der Waals surface area (Å²) in [4.78, 5) is 47.8. The Hall–Kier alpha value is -5.24. The average Bonchev–Trinajstić information content (AvgIpc) is 3.62. The second-order valence-electron chi connectivity index (χ2n) is 19.5. The van der Waals surface area contributed by atoms with E-state index in [1.54, 1.807) is 6.07 Å². The number of hydrogen-bond acceptors (Lipinski definition) is 11. The first-order valence-electron chi connectivity index (χ1n) is 20.9. The van der Waals surface area contributed by atoms with E-state index in [2.05, 4.69) is 31.2 Å². The SMILES string of the molecule is COc1cc(C(=O)NCC(C)(C)C)c(OCc2ccccc2)c2c1C[C@H]1C[C@H]3[C@H](N(C)C)c4onc(OCc5ccccc5)c4C(=O)C3(O[Si](C)(C)C(C)(C)C)C(=O)C1=C2O. The Bertz CT molecular complexity index is 2360. The molecule has 1 saturated carbocycles. The van der Waals surface area contributed by atoms with Crippen molar-refractivity contribution in [2.24, 2.45) is 17.3 Å². The number of carbonyl (C=O) groups is 3. The van der Waals surface area contributed by atoms with Gasteiger partial charge in [-0.2, -0.15) is 0 Å². The second-order valence-corrected chi connectivity index (χ2v) is 24.2. The highest BCUT2D eigenvalue weighted by atomic mass is 28.4. The molecule has 4 aromatic rings. The Morgan fingerprint density at radius 1 is 0.934 bits per heavy atom. The summed E-state index contributed by atoms with van der Waals surface area (Å²) in [5.41, 5.74) is 0.407. The number of benzene rings is 3. The Morgan fingerprint density at radius 2 is 1.54 bits per heavy atom. The van der Waals surface area contributed by atoms with Crippen LogP contribution in [0.25, 0.3) is 5.76 Å². The minimum atomic E-state index is -2.98. The number of aliphatic hydroxyl groups excluding tert-OH is 1. The highest BCUT2D eigenvalue weighted by molar-refractivity contribution is 6.74. The van der Waals surface area contributed by atoms with Gasteiger partial charge < -0.3 is 33.6 Å². The standard InChI is InChI=1S/C48H59N3O9Si/c1-46(2,3)27-49-44(55)32-24-34(56-9)31-22-30-23-33-38(51(7)8)41-37(45(50-59-41)58-26-29-20-16-13-17-21-29)43(54)48(33,60-61(10,11)47(4,5)6)42(53)35(30)39(52)36(31)40(32)57-25-28-18-14-12-15-19-28/h12-21,24,30,33,38,52H,22-23,25-27H2,1-11H3,(H,49,55)/t30-,33-,38-,48?/m0/s1. The molecule has 61 heavy (non-hydrogen) atoms. The van der Waals surface area contributed by atoms with Crippen LogP contribution >= 0.6 is 0 Å². The van der Waals surface area contributed by atoms with Crippen LogP contribution in [-0.2, 0) is 28.9 Å². The molecule has 4 atom stereocenters.